The minimum absolute atomic E-state index is 0.194. The van der Waals surface area contributed by atoms with Crippen LogP contribution in [0.5, 0.6) is 0 Å². The van der Waals surface area contributed by atoms with E-state index in [1.807, 2.05) is 6.08 Å². The van der Waals surface area contributed by atoms with Gasteiger partial charge >= 0.3 is 0 Å². The Bertz CT molecular complexity index is 315. The molecule has 2 N–H and O–H groups in total. The van der Waals surface area contributed by atoms with Crippen LogP contribution < -0.4 is 5.73 Å². The van der Waals surface area contributed by atoms with Crippen LogP contribution in [0.4, 0.5) is 4.39 Å². The summed E-state index contributed by atoms with van der Waals surface area (Å²) in [7, 11) is 0. The molecule has 1 aromatic rings. The van der Waals surface area contributed by atoms with Crippen molar-refractivity contribution in [2.24, 2.45) is 11.7 Å². The highest BCUT2D eigenvalue weighted by molar-refractivity contribution is 5.50. The quantitative estimate of drug-likeness (QED) is 0.736. The van der Waals surface area contributed by atoms with E-state index in [9.17, 15) is 4.39 Å². The molecular weight excluding hydrogens is 165 g/mol. The second kappa shape index (κ2) is 3.30. The first kappa shape index (κ1) is 8.45. The van der Waals surface area contributed by atoms with Crippen LogP contribution in [0.1, 0.15) is 12.0 Å². The fourth-order valence-electron chi connectivity index (χ4n) is 1.27. The third kappa shape index (κ3) is 2.16. The Labute approximate surface area is 77.1 Å². The zero-order chi connectivity index (χ0) is 9.26. The van der Waals surface area contributed by atoms with Gasteiger partial charge in [-0.1, -0.05) is 24.3 Å². The molecule has 0 amide bonds. The molecule has 1 nitrogen and oxygen atoms in total. The minimum Gasteiger partial charge on any atom is -0.327 e. The summed E-state index contributed by atoms with van der Waals surface area (Å²) in [5.74, 6) is 0.338. The largest absolute Gasteiger partial charge is 0.327 e. The lowest BCUT2D eigenvalue weighted by atomic mass is 10.2. The Morgan fingerprint density at radius 3 is 2.46 bits per heavy atom. The average molecular weight is 177 g/mol. The normalized spacial score (nSPS) is 26.6. The maximum absolute atomic E-state index is 12.5. The number of benzene rings is 1. The maximum Gasteiger partial charge on any atom is 0.123 e. The van der Waals surface area contributed by atoms with Gasteiger partial charge in [0.25, 0.3) is 0 Å². The minimum atomic E-state index is -0.194. The van der Waals surface area contributed by atoms with Crippen molar-refractivity contribution in [3.8, 4) is 0 Å². The molecule has 2 rings (SSSR count). The molecule has 2 heteroatoms. The summed E-state index contributed by atoms with van der Waals surface area (Å²) in [5, 5.41) is 0. The number of nitrogens with two attached hydrogens (primary N) is 1. The van der Waals surface area contributed by atoms with E-state index in [0.29, 0.717) is 12.0 Å². The Hall–Kier alpha value is -1.15. The van der Waals surface area contributed by atoms with Crippen molar-refractivity contribution in [2.45, 2.75) is 12.5 Å². The Balaban J connectivity index is 2.01. The van der Waals surface area contributed by atoms with Crippen molar-refractivity contribution < 1.29 is 4.39 Å². The van der Waals surface area contributed by atoms with Crippen molar-refractivity contribution >= 4 is 6.08 Å². The third-order valence-electron chi connectivity index (χ3n) is 2.30. The van der Waals surface area contributed by atoms with Gasteiger partial charge in [-0.05, 0) is 30.0 Å². The second-order valence-electron chi connectivity index (χ2n) is 3.47. The molecule has 68 valence electrons. The fraction of sp³-hybridized carbons (Fsp3) is 0.273. The molecule has 1 saturated carbocycles. The van der Waals surface area contributed by atoms with Gasteiger partial charge in [-0.25, -0.2) is 4.39 Å². The van der Waals surface area contributed by atoms with E-state index in [1.54, 1.807) is 12.1 Å². The third-order valence-corrected chi connectivity index (χ3v) is 2.30. The van der Waals surface area contributed by atoms with Gasteiger partial charge < -0.3 is 5.73 Å². The van der Waals surface area contributed by atoms with Crippen LogP contribution in [0.25, 0.3) is 6.08 Å². The highest BCUT2D eigenvalue weighted by Crippen LogP contribution is 2.29. The van der Waals surface area contributed by atoms with Crippen molar-refractivity contribution in [3.63, 3.8) is 0 Å². The van der Waals surface area contributed by atoms with Crippen molar-refractivity contribution in [1.29, 1.82) is 0 Å². The molecule has 0 aliphatic heterocycles. The molecule has 1 aliphatic carbocycles. The van der Waals surface area contributed by atoms with Crippen LogP contribution in [0.15, 0.2) is 30.3 Å². The Kier molecular flexibility index (Phi) is 2.15. The zero-order valence-corrected chi connectivity index (χ0v) is 7.28. The van der Waals surface area contributed by atoms with E-state index in [0.717, 1.165) is 12.0 Å². The molecule has 0 bridgehead atoms. The zero-order valence-electron chi connectivity index (χ0n) is 7.28. The van der Waals surface area contributed by atoms with Gasteiger partial charge in [0, 0.05) is 6.04 Å². The summed E-state index contributed by atoms with van der Waals surface area (Å²) in [6, 6.07) is 6.80. The molecule has 1 fully saturated rings. The van der Waals surface area contributed by atoms with Crippen molar-refractivity contribution in [1.82, 2.24) is 0 Å². The number of rotatable bonds is 2. The predicted molar refractivity (Wildman–Crippen MR) is 51.5 cm³/mol. The predicted octanol–water partition coefficient (Wildman–Crippen LogP) is 2.19. The molecule has 1 aromatic carbocycles. The summed E-state index contributed by atoms with van der Waals surface area (Å²) in [6.45, 7) is 0. The molecule has 0 aromatic heterocycles. The molecule has 1 aliphatic rings. The van der Waals surface area contributed by atoms with Crippen molar-refractivity contribution in [3.05, 3.63) is 41.7 Å². The molecule has 0 unspecified atom stereocenters. The molecule has 2 atom stereocenters. The molecular formula is C11H12FN. The highest BCUT2D eigenvalue weighted by atomic mass is 19.1. The highest BCUT2D eigenvalue weighted by Gasteiger charge is 2.30. The van der Waals surface area contributed by atoms with Crippen molar-refractivity contribution in [2.75, 3.05) is 0 Å². The molecule has 0 radical (unpaired) electrons. The lowest BCUT2D eigenvalue weighted by Crippen LogP contribution is -1.99. The van der Waals surface area contributed by atoms with Crippen LogP contribution >= 0.6 is 0 Å². The van der Waals surface area contributed by atoms with Gasteiger partial charge in [-0.2, -0.15) is 0 Å². The number of hydrogen-bond donors (Lipinski definition) is 1. The van der Waals surface area contributed by atoms with Gasteiger partial charge in [-0.3, -0.25) is 0 Å². The topological polar surface area (TPSA) is 26.0 Å². The summed E-state index contributed by atoms with van der Waals surface area (Å²) < 4.78 is 12.5. The van der Waals surface area contributed by atoms with E-state index >= 15 is 0 Å². The van der Waals surface area contributed by atoms with E-state index in [2.05, 4.69) is 6.08 Å². The molecule has 13 heavy (non-hydrogen) atoms. The molecule has 0 heterocycles. The van der Waals surface area contributed by atoms with Crippen LogP contribution in [0.2, 0.25) is 0 Å². The van der Waals surface area contributed by atoms with Gasteiger partial charge in [0.1, 0.15) is 5.82 Å². The van der Waals surface area contributed by atoms with Crippen LogP contribution in [0, 0.1) is 11.7 Å². The molecule has 0 spiro atoms. The first-order valence-corrected chi connectivity index (χ1v) is 4.45. The van der Waals surface area contributed by atoms with E-state index in [-0.39, 0.29) is 5.82 Å². The van der Waals surface area contributed by atoms with Gasteiger partial charge in [-0.15, -0.1) is 0 Å². The van der Waals surface area contributed by atoms with Crippen LogP contribution in [-0.4, -0.2) is 6.04 Å². The Morgan fingerprint density at radius 1 is 1.31 bits per heavy atom. The summed E-state index contributed by atoms with van der Waals surface area (Å²) in [6.07, 6.45) is 5.17. The van der Waals surface area contributed by atoms with Gasteiger partial charge in [0.2, 0.25) is 0 Å². The van der Waals surface area contributed by atoms with E-state index in [1.165, 1.54) is 12.1 Å². The lowest BCUT2D eigenvalue weighted by Gasteiger charge is -1.92. The fourth-order valence-corrected chi connectivity index (χ4v) is 1.27. The number of halogens is 1. The lowest BCUT2D eigenvalue weighted by molar-refractivity contribution is 0.628. The summed E-state index contributed by atoms with van der Waals surface area (Å²) in [4.78, 5) is 0. The first-order chi connectivity index (χ1) is 6.25. The van der Waals surface area contributed by atoms with Crippen LogP contribution in [0.3, 0.4) is 0 Å². The summed E-state index contributed by atoms with van der Waals surface area (Å²) >= 11 is 0. The monoisotopic (exact) mass is 177 g/mol. The first-order valence-electron chi connectivity index (χ1n) is 4.45. The van der Waals surface area contributed by atoms with E-state index < -0.39 is 0 Å². The van der Waals surface area contributed by atoms with Gasteiger partial charge in [0.15, 0.2) is 0 Å². The SMILES string of the molecule is N[C@@H]1C[C@H]1/C=C/c1ccc(F)cc1. The summed E-state index contributed by atoms with van der Waals surface area (Å²) in [5.41, 5.74) is 6.67. The van der Waals surface area contributed by atoms with E-state index in [4.69, 9.17) is 5.73 Å². The molecule has 0 saturated heterocycles. The standard InChI is InChI=1S/C11H12FN/c12-10-5-2-8(3-6-10)1-4-9-7-11(9)13/h1-6,9,11H,7,13H2/b4-1+/t9-,11-/m1/s1. The van der Waals surface area contributed by atoms with Gasteiger partial charge in [0.05, 0.1) is 0 Å². The second-order valence-corrected chi connectivity index (χ2v) is 3.47. The number of hydrogen-bond acceptors (Lipinski definition) is 1. The Morgan fingerprint density at radius 2 is 1.92 bits per heavy atom. The smallest absolute Gasteiger partial charge is 0.123 e. The average Bonchev–Trinajstić information content (AvgIpc) is 2.81. The maximum atomic E-state index is 12.5. The van der Waals surface area contributed by atoms with Crippen LogP contribution in [-0.2, 0) is 0 Å².